The molecular formula is C12H23ClN2O2. The fourth-order valence-corrected chi connectivity index (χ4v) is 2.47. The first-order chi connectivity index (χ1) is 7.79. The number of carbonyl (C=O) groups excluding carboxylic acids is 1. The van der Waals surface area contributed by atoms with Gasteiger partial charge in [0.05, 0.1) is 6.10 Å². The van der Waals surface area contributed by atoms with Gasteiger partial charge in [0.1, 0.15) is 6.10 Å². The van der Waals surface area contributed by atoms with E-state index in [1.54, 1.807) is 0 Å². The number of amides is 1. The summed E-state index contributed by atoms with van der Waals surface area (Å²) in [6.07, 6.45) is 5.24. The molecule has 0 saturated carbocycles. The van der Waals surface area contributed by atoms with Gasteiger partial charge >= 0.3 is 0 Å². The molecule has 0 bridgehead atoms. The number of rotatable bonds is 3. The third-order valence-electron chi connectivity index (χ3n) is 3.50. The molecule has 0 aromatic carbocycles. The van der Waals surface area contributed by atoms with Gasteiger partial charge in [0.2, 0.25) is 5.91 Å². The first-order valence-electron chi connectivity index (χ1n) is 6.46. The molecule has 2 aliphatic heterocycles. The molecule has 1 amide bonds. The van der Waals surface area contributed by atoms with E-state index in [9.17, 15) is 4.79 Å². The number of ether oxygens (including phenoxy) is 1. The van der Waals surface area contributed by atoms with Crippen LogP contribution in [0.1, 0.15) is 39.0 Å². The SMILES string of the molecule is CCC1CCC(C(=O)N[C@H]2CCCNC2)O1.Cl. The molecule has 3 atom stereocenters. The second-order valence-corrected chi connectivity index (χ2v) is 4.78. The Bertz CT molecular complexity index is 245. The van der Waals surface area contributed by atoms with Gasteiger partial charge in [-0.05, 0) is 38.6 Å². The zero-order valence-corrected chi connectivity index (χ0v) is 11.2. The highest BCUT2D eigenvalue weighted by Crippen LogP contribution is 2.22. The molecule has 100 valence electrons. The Morgan fingerprint density at radius 1 is 1.41 bits per heavy atom. The summed E-state index contributed by atoms with van der Waals surface area (Å²) in [5.41, 5.74) is 0. The third kappa shape index (κ3) is 4.12. The lowest BCUT2D eigenvalue weighted by Crippen LogP contribution is -2.48. The average molecular weight is 263 g/mol. The Balaban J connectivity index is 0.00000144. The third-order valence-corrected chi connectivity index (χ3v) is 3.50. The maximum absolute atomic E-state index is 11.9. The average Bonchev–Trinajstić information content (AvgIpc) is 2.79. The molecule has 0 radical (unpaired) electrons. The van der Waals surface area contributed by atoms with E-state index < -0.39 is 0 Å². The molecular weight excluding hydrogens is 240 g/mol. The fraction of sp³-hybridized carbons (Fsp3) is 0.917. The van der Waals surface area contributed by atoms with Crippen molar-refractivity contribution in [3.05, 3.63) is 0 Å². The molecule has 2 rings (SSSR count). The Morgan fingerprint density at radius 3 is 2.82 bits per heavy atom. The molecule has 2 aliphatic rings. The van der Waals surface area contributed by atoms with E-state index in [-0.39, 0.29) is 24.4 Å². The van der Waals surface area contributed by atoms with Crippen molar-refractivity contribution in [3.63, 3.8) is 0 Å². The van der Waals surface area contributed by atoms with Crippen molar-refractivity contribution in [1.82, 2.24) is 10.6 Å². The van der Waals surface area contributed by atoms with Gasteiger partial charge in [-0.3, -0.25) is 4.79 Å². The Kier molecular flexibility index (Phi) is 6.23. The summed E-state index contributed by atoms with van der Waals surface area (Å²) in [4.78, 5) is 11.9. The van der Waals surface area contributed by atoms with Crippen molar-refractivity contribution in [2.24, 2.45) is 0 Å². The van der Waals surface area contributed by atoms with Crippen molar-refractivity contribution < 1.29 is 9.53 Å². The molecule has 2 fully saturated rings. The summed E-state index contributed by atoms with van der Waals surface area (Å²) >= 11 is 0. The van der Waals surface area contributed by atoms with E-state index in [0.717, 1.165) is 45.2 Å². The Morgan fingerprint density at radius 2 is 2.24 bits per heavy atom. The summed E-state index contributed by atoms with van der Waals surface area (Å²) in [6.45, 7) is 4.08. The van der Waals surface area contributed by atoms with Crippen LogP contribution in [0.5, 0.6) is 0 Å². The number of piperidine rings is 1. The minimum Gasteiger partial charge on any atom is -0.365 e. The molecule has 0 aliphatic carbocycles. The molecule has 5 heteroatoms. The van der Waals surface area contributed by atoms with Crippen LogP contribution in [0.15, 0.2) is 0 Å². The molecule has 2 saturated heterocycles. The predicted octanol–water partition coefficient (Wildman–Crippen LogP) is 1.23. The fourth-order valence-electron chi connectivity index (χ4n) is 2.47. The van der Waals surface area contributed by atoms with Gasteiger partial charge in [-0.1, -0.05) is 6.92 Å². The first-order valence-corrected chi connectivity index (χ1v) is 6.46. The van der Waals surface area contributed by atoms with Crippen LogP contribution in [-0.4, -0.2) is 37.2 Å². The van der Waals surface area contributed by atoms with Crippen LogP contribution in [0.2, 0.25) is 0 Å². The number of hydrogen-bond acceptors (Lipinski definition) is 3. The quantitative estimate of drug-likeness (QED) is 0.805. The van der Waals surface area contributed by atoms with Gasteiger partial charge in [0.25, 0.3) is 0 Å². The molecule has 2 N–H and O–H groups in total. The van der Waals surface area contributed by atoms with E-state index in [2.05, 4.69) is 17.6 Å². The molecule has 0 aromatic rings. The minimum atomic E-state index is -0.202. The highest BCUT2D eigenvalue weighted by molar-refractivity contribution is 5.85. The number of halogens is 1. The summed E-state index contributed by atoms with van der Waals surface area (Å²) < 4.78 is 5.68. The van der Waals surface area contributed by atoms with E-state index in [4.69, 9.17) is 4.74 Å². The topological polar surface area (TPSA) is 50.4 Å². The van der Waals surface area contributed by atoms with E-state index in [0.29, 0.717) is 12.1 Å². The van der Waals surface area contributed by atoms with Crippen LogP contribution in [0.25, 0.3) is 0 Å². The van der Waals surface area contributed by atoms with E-state index in [1.807, 2.05) is 0 Å². The summed E-state index contributed by atoms with van der Waals surface area (Å²) in [6, 6.07) is 0.297. The van der Waals surface area contributed by atoms with Crippen LogP contribution < -0.4 is 10.6 Å². The second-order valence-electron chi connectivity index (χ2n) is 4.78. The van der Waals surface area contributed by atoms with E-state index >= 15 is 0 Å². The predicted molar refractivity (Wildman–Crippen MR) is 69.5 cm³/mol. The molecule has 2 heterocycles. The summed E-state index contributed by atoms with van der Waals surface area (Å²) in [7, 11) is 0. The van der Waals surface area contributed by atoms with Crippen LogP contribution in [0.3, 0.4) is 0 Å². The molecule has 0 spiro atoms. The van der Waals surface area contributed by atoms with Crippen molar-refractivity contribution in [2.45, 2.75) is 57.3 Å². The summed E-state index contributed by atoms with van der Waals surface area (Å²) in [5.74, 6) is 0.0876. The van der Waals surface area contributed by atoms with Gasteiger partial charge in [-0.15, -0.1) is 12.4 Å². The van der Waals surface area contributed by atoms with Crippen molar-refractivity contribution >= 4 is 18.3 Å². The molecule has 17 heavy (non-hydrogen) atoms. The van der Waals surface area contributed by atoms with Gasteiger partial charge in [-0.2, -0.15) is 0 Å². The largest absolute Gasteiger partial charge is 0.365 e. The zero-order valence-electron chi connectivity index (χ0n) is 10.4. The van der Waals surface area contributed by atoms with Crippen molar-refractivity contribution in [1.29, 1.82) is 0 Å². The molecule has 0 aromatic heterocycles. The van der Waals surface area contributed by atoms with Gasteiger partial charge in [0, 0.05) is 12.6 Å². The Hall–Kier alpha value is -0.320. The number of nitrogens with one attached hydrogen (secondary N) is 2. The number of hydrogen-bond donors (Lipinski definition) is 2. The minimum absolute atomic E-state index is 0. The lowest BCUT2D eigenvalue weighted by molar-refractivity contribution is -0.132. The van der Waals surface area contributed by atoms with Crippen molar-refractivity contribution in [2.75, 3.05) is 13.1 Å². The maximum Gasteiger partial charge on any atom is 0.249 e. The molecule has 2 unspecified atom stereocenters. The standard InChI is InChI=1S/C12H22N2O2.ClH/c1-2-10-5-6-11(16-10)12(15)14-9-4-3-7-13-8-9;/h9-11,13H,2-8H2,1H3,(H,14,15);1H/t9-,10?,11?;/m0./s1. The summed E-state index contributed by atoms with van der Waals surface area (Å²) in [5, 5.41) is 6.37. The smallest absolute Gasteiger partial charge is 0.249 e. The normalized spacial score (nSPS) is 32.9. The lowest BCUT2D eigenvalue weighted by Gasteiger charge is -2.25. The van der Waals surface area contributed by atoms with Crippen LogP contribution in [-0.2, 0) is 9.53 Å². The van der Waals surface area contributed by atoms with Crippen LogP contribution in [0.4, 0.5) is 0 Å². The zero-order chi connectivity index (χ0) is 11.4. The van der Waals surface area contributed by atoms with Crippen LogP contribution >= 0.6 is 12.4 Å². The van der Waals surface area contributed by atoms with Crippen LogP contribution in [0, 0.1) is 0 Å². The van der Waals surface area contributed by atoms with E-state index in [1.165, 1.54) is 0 Å². The lowest BCUT2D eigenvalue weighted by atomic mass is 10.1. The van der Waals surface area contributed by atoms with Crippen molar-refractivity contribution in [3.8, 4) is 0 Å². The highest BCUT2D eigenvalue weighted by atomic mass is 35.5. The van der Waals surface area contributed by atoms with Gasteiger partial charge in [0.15, 0.2) is 0 Å². The first kappa shape index (κ1) is 14.7. The van der Waals surface area contributed by atoms with Gasteiger partial charge < -0.3 is 15.4 Å². The Labute approximate surface area is 109 Å². The molecule has 4 nitrogen and oxygen atoms in total. The highest BCUT2D eigenvalue weighted by Gasteiger charge is 2.30. The monoisotopic (exact) mass is 262 g/mol. The maximum atomic E-state index is 11.9. The number of carbonyl (C=O) groups is 1. The second kappa shape index (κ2) is 7.19. The van der Waals surface area contributed by atoms with Gasteiger partial charge in [-0.25, -0.2) is 0 Å².